The summed E-state index contributed by atoms with van der Waals surface area (Å²) in [7, 11) is -3.61. The molecule has 0 aromatic heterocycles. The van der Waals surface area contributed by atoms with Crippen LogP contribution in [0.2, 0.25) is 0 Å². The number of aliphatic carboxylic acids is 1. The smallest absolute Gasteiger partial charge is 0.328 e. The van der Waals surface area contributed by atoms with E-state index in [1.807, 2.05) is 0 Å². The zero-order valence-electron chi connectivity index (χ0n) is 14.6. The van der Waals surface area contributed by atoms with Crippen molar-refractivity contribution in [3.8, 4) is 0 Å². The van der Waals surface area contributed by atoms with E-state index in [0.29, 0.717) is 13.1 Å². The first-order valence-electron chi connectivity index (χ1n) is 8.55. The first kappa shape index (κ1) is 20.3. The lowest BCUT2D eigenvalue weighted by molar-refractivity contribution is -0.141. The predicted molar refractivity (Wildman–Crippen MR) is 94.2 cm³/mol. The molecule has 144 valence electrons. The van der Waals surface area contributed by atoms with Crippen LogP contribution in [-0.4, -0.2) is 60.0 Å². The van der Waals surface area contributed by atoms with Gasteiger partial charge in [-0.05, 0) is 44.0 Å². The predicted octanol–water partition coefficient (Wildman–Crippen LogP) is 0.815. The molecule has 2 rings (SSSR count). The number of amides is 1. The van der Waals surface area contributed by atoms with Gasteiger partial charge in [0.05, 0.1) is 11.0 Å². The third-order valence-electron chi connectivity index (χ3n) is 4.35. The third-order valence-corrected chi connectivity index (χ3v) is 6.27. The van der Waals surface area contributed by atoms with Gasteiger partial charge in [0, 0.05) is 18.7 Å². The van der Waals surface area contributed by atoms with E-state index < -0.39 is 34.0 Å². The van der Waals surface area contributed by atoms with Crippen molar-refractivity contribution in [2.75, 3.05) is 13.1 Å². The number of hydrogen-bond acceptors (Lipinski definition) is 5. The van der Waals surface area contributed by atoms with Crippen molar-refractivity contribution < 1.29 is 28.2 Å². The second-order valence-electron chi connectivity index (χ2n) is 6.37. The summed E-state index contributed by atoms with van der Waals surface area (Å²) in [6.07, 6.45) is 2.42. The van der Waals surface area contributed by atoms with E-state index >= 15 is 0 Å². The number of carboxylic acids is 1. The van der Waals surface area contributed by atoms with Gasteiger partial charge in [0.15, 0.2) is 6.04 Å². The van der Waals surface area contributed by atoms with Crippen LogP contribution in [-0.2, 0) is 14.8 Å². The van der Waals surface area contributed by atoms with E-state index in [4.69, 9.17) is 5.11 Å². The highest BCUT2D eigenvalue weighted by molar-refractivity contribution is 7.89. The maximum Gasteiger partial charge on any atom is 0.328 e. The Morgan fingerprint density at radius 1 is 1.08 bits per heavy atom. The van der Waals surface area contributed by atoms with E-state index in [1.165, 1.54) is 35.5 Å². The lowest BCUT2D eigenvalue weighted by Gasteiger charge is -2.20. The fraction of sp³-hybridized carbons (Fsp3) is 0.529. The topological polar surface area (TPSA) is 124 Å². The number of benzene rings is 1. The van der Waals surface area contributed by atoms with E-state index in [0.717, 1.165) is 25.7 Å². The summed E-state index contributed by atoms with van der Waals surface area (Å²) in [4.78, 5) is 23.3. The molecule has 2 unspecified atom stereocenters. The normalized spacial score (nSPS) is 18.5. The highest BCUT2D eigenvalue weighted by Gasteiger charge is 2.27. The van der Waals surface area contributed by atoms with E-state index in [-0.39, 0.29) is 10.5 Å². The Labute approximate surface area is 152 Å². The van der Waals surface area contributed by atoms with Gasteiger partial charge in [0.1, 0.15) is 0 Å². The Balaban J connectivity index is 2.14. The Morgan fingerprint density at radius 3 is 2.08 bits per heavy atom. The first-order chi connectivity index (χ1) is 12.2. The molecule has 0 aliphatic carbocycles. The number of aliphatic hydroxyl groups excluding tert-OH is 1. The molecule has 1 aromatic rings. The highest BCUT2D eigenvalue weighted by Crippen LogP contribution is 2.20. The molecule has 2 atom stereocenters. The van der Waals surface area contributed by atoms with Crippen LogP contribution in [0.3, 0.4) is 0 Å². The Morgan fingerprint density at radius 2 is 1.62 bits per heavy atom. The van der Waals surface area contributed by atoms with Crippen molar-refractivity contribution in [2.24, 2.45) is 0 Å². The number of hydrogen-bond donors (Lipinski definition) is 3. The lowest BCUT2D eigenvalue weighted by atomic mass is 10.1. The van der Waals surface area contributed by atoms with Gasteiger partial charge in [0.25, 0.3) is 5.91 Å². The minimum Gasteiger partial charge on any atom is -0.480 e. The van der Waals surface area contributed by atoms with Crippen molar-refractivity contribution in [1.29, 1.82) is 0 Å². The maximum absolute atomic E-state index is 12.7. The van der Waals surface area contributed by atoms with Gasteiger partial charge in [-0.25, -0.2) is 13.2 Å². The van der Waals surface area contributed by atoms with Crippen LogP contribution in [0.25, 0.3) is 0 Å². The molecule has 1 heterocycles. The number of nitrogens with one attached hydrogen (secondary N) is 1. The highest BCUT2D eigenvalue weighted by atomic mass is 32.2. The molecule has 0 radical (unpaired) electrons. The number of aliphatic hydroxyl groups is 1. The van der Waals surface area contributed by atoms with Crippen LogP contribution >= 0.6 is 0 Å². The van der Waals surface area contributed by atoms with Crippen molar-refractivity contribution in [3.63, 3.8) is 0 Å². The standard InChI is InChI=1S/C17H24N2O6S/c1-12(20)15(17(22)23)18-16(21)13-6-8-14(9-7-13)26(24,25)19-10-4-2-3-5-11-19/h6-9,12,15,20H,2-5,10-11H2,1H3,(H,18,21)(H,22,23). The summed E-state index contributed by atoms with van der Waals surface area (Å²) >= 11 is 0. The molecule has 1 aliphatic rings. The third kappa shape index (κ3) is 4.80. The monoisotopic (exact) mass is 384 g/mol. The van der Waals surface area contributed by atoms with Crippen LogP contribution in [0.15, 0.2) is 29.2 Å². The fourth-order valence-corrected chi connectivity index (χ4v) is 4.34. The summed E-state index contributed by atoms with van der Waals surface area (Å²) in [5.41, 5.74) is 0.117. The van der Waals surface area contributed by atoms with Crippen LogP contribution < -0.4 is 5.32 Å². The molecule has 0 saturated carbocycles. The van der Waals surface area contributed by atoms with Gasteiger partial charge >= 0.3 is 5.97 Å². The van der Waals surface area contributed by atoms with Gasteiger partial charge < -0.3 is 15.5 Å². The lowest BCUT2D eigenvalue weighted by Crippen LogP contribution is -2.47. The number of sulfonamides is 1. The molecule has 3 N–H and O–H groups in total. The molecule has 1 amide bonds. The zero-order valence-corrected chi connectivity index (χ0v) is 15.4. The molecule has 0 bridgehead atoms. The van der Waals surface area contributed by atoms with Gasteiger partial charge in [-0.3, -0.25) is 4.79 Å². The molecule has 1 aromatic carbocycles. The minimum atomic E-state index is -3.61. The summed E-state index contributed by atoms with van der Waals surface area (Å²) in [6.45, 7) is 2.23. The van der Waals surface area contributed by atoms with Gasteiger partial charge in [0.2, 0.25) is 10.0 Å². The van der Waals surface area contributed by atoms with Gasteiger partial charge in [-0.1, -0.05) is 12.8 Å². The molecule has 0 spiro atoms. The Kier molecular flexibility index (Phi) is 6.74. The second kappa shape index (κ2) is 8.61. The number of carbonyl (C=O) groups excluding carboxylic acids is 1. The molecule has 1 aliphatic heterocycles. The number of carboxylic acid groups (broad SMARTS) is 1. The van der Waals surface area contributed by atoms with Crippen LogP contribution in [0.5, 0.6) is 0 Å². The molecule has 26 heavy (non-hydrogen) atoms. The fourth-order valence-electron chi connectivity index (χ4n) is 2.82. The van der Waals surface area contributed by atoms with Crippen LogP contribution in [0.1, 0.15) is 43.0 Å². The van der Waals surface area contributed by atoms with Gasteiger partial charge in [-0.2, -0.15) is 4.31 Å². The van der Waals surface area contributed by atoms with Crippen molar-refractivity contribution >= 4 is 21.9 Å². The SMILES string of the molecule is CC(O)C(NC(=O)c1ccc(S(=O)(=O)N2CCCCCC2)cc1)C(=O)O. The molecule has 8 nitrogen and oxygen atoms in total. The molecule has 1 fully saturated rings. The second-order valence-corrected chi connectivity index (χ2v) is 8.31. The minimum absolute atomic E-state index is 0.0984. The largest absolute Gasteiger partial charge is 0.480 e. The Bertz CT molecular complexity index is 737. The first-order valence-corrected chi connectivity index (χ1v) is 9.99. The van der Waals surface area contributed by atoms with E-state index in [2.05, 4.69) is 5.32 Å². The number of rotatable bonds is 6. The maximum atomic E-state index is 12.7. The average Bonchev–Trinajstić information content (AvgIpc) is 2.89. The average molecular weight is 384 g/mol. The number of carbonyl (C=O) groups is 2. The quantitative estimate of drug-likeness (QED) is 0.667. The van der Waals surface area contributed by atoms with Crippen molar-refractivity contribution in [1.82, 2.24) is 9.62 Å². The zero-order chi connectivity index (χ0) is 19.3. The van der Waals surface area contributed by atoms with Crippen LogP contribution in [0, 0.1) is 0 Å². The van der Waals surface area contributed by atoms with Crippen molar-refractivity contribution in [3.05, 3.63) is 29.8 Å². The summed E-state index contributed by atoms with van der Waals surface area (Å²) in [6, 6.07) is 3.91. The van der Waals surface area contributed by atoms with Gasteiger partial charge in [-0.15, -0.1) is 0 Å². The number of nitrogens with zero attached hydrogens (tertiary/aromatic N) is 1. The summed E-state index contributed by atoms with van der Waals surface area (Å²) in [5, 5.41) is 20.6. The molecular weight excluding hydrogens is 360 g/mol. The summed E-state index contributed by atoms with van der Waals surface area (Å²) in [5.74, 6) is -2.05. The van der Waals surface area contributed by atoms with E-state index in [1.54, 1.807) is 0 Å². The molecular formula is C17H24N2O6S. The molecule has 1 saturated heterocycles. The molecule has 9 heteroatoms. The summed E-state index contributed by atoms with van der Waals surface area (Å²) < 4.78 is 26.8. The van der Waals surface area contributed by atoms with Crippen LogP contribution in [0.4, 0.5) is 0 Å². The van der Waals surface area contributed by atoms with E-state index in [9.17, 15) is 23.1 Å². The van der Waals surface area contributed by atoms with Crippen molar-refractivity contribution in [2.45, 2.75) is 49.6 Å². The Hall–Kier alpha value is -1.97.